The molecule has 4 heteroatoms. The summed E-state index contributed by atoms with van der Waals surface area (Å²) in [5.74, 6) is -0.256. The Balaban J connectivity index is 2.06. The third-order valence-electron chi connectivity index (χ3n) is 3.40. The van der Waals surface area contributed by atoms with Crippen molar-refractivity contribution in [3.8, 4) is 0 Å². The van der Waals surface area contributed by atoms with E-state index in [0.29, 0.717) is 6.54 Å². The number of hydrogen-bond acceptors (Lipinski definition) is 1. The van der Waals surface area contributed by atoms with Crippen LogP contribution in [-0.2, 0) is 13.2 Å². The molecule has 0 amide bonds. The molecule has 0 spiro atoms. The maximum Gasteiger partial charge on any atom is 0.124 e. The lowest BCUT2D eigenvalue weighted by Crippen LogP contribution is -1.99. The van der Waals surface area contributed by atoms with Crippen LogP contribution in [0.2, 0.25) is 0 Å². The highest BCUT2D eigenvalue weighted by Crippen LogP contribution is 2.25. The summed E-state index contributed by atoms with van der Waals surface area (Å²) in [5.41, 5.74) is 2.96. The van der Waals surface area contributed by atoms with E-state index in [1.807, 2.05) is 30.5 Å². The predicted molar refractivity (Wildman–Crippen MR) is 81.1 cm³/mol. The van der Waals surface area contributed by atoms with Gasteiger partial charge in [-0.05, 0) is 23.8 Å². The van der Waals surface area contributed by atoms with Gasteiger partial charge < -0.3 is 9.67 Å². The predicted octanol–water partition coefficient (Wildman–Crippen LogP) is 4.08. The normalized spacial score (nSPS) is 11.2. The van der Waals surface area contributed by atoms with Crippen molar-refractivity contribution in [2.75, 3.05) is 0 Å². The number of benzene rings is 2. The van der Waals surface area contributed by atoms with E-state index < -0.39 is 0 Å². The van der Waals surface area contributed by atoms with Crippen LogP contribution in [0.3, 0.4) is 0 Å². The first-order chi connectivity index (χ1) is 9.69. The number of rotatable bonds is 3. The molecule has 1 aromatic heterocycles. The molecule has 0 saturated carbocycles. The molecule has 3 aromatic rings. The first kappa shape index (κ1) is 13.3. The van der Waals surface area contributed by atoms with Crippen LogP contribution in [0.5, 0.6) is 0 Å². The van der Waals surface area contributed by atoms with E-state index in [1.165, 1.54) is 12.1 Å². The molecule has 1 heterocycles. The fourth-order valence-electron chi connectivity index (χ4n) is 2.41. The maximum absolute atomic E-state index is 13.1. The van der Waals surface area contributed by atoms with E-state index in [4.69, 9.17) is 0 Å². The highest BCUT2D eigenvalue weighted by Gasteiger charge is 2.09. The second-order valence-corrected chi connectivity index (χ2v) is 5.55. The van der Waals surface area contributed by atoms with Gasteiger partial charge in [-0.25, -0.2) is 4.39 Å². The number of halogens is 2. The van der Waals surface area contributed by atoms with Crippen molar-refractivity contribution in [1.82, 2.24) is 4.57 Å². The van der Waals surface area contributed by atoms with Crippen molar-refractivity contribution in [2.24, 2.45) is 0 Å². The monoisotopic (exact) mass is 333 g/mol. The molecule has 0 aliphatic rings. The molecule has 102 valence electrons. The smallest absolute Gasteiger partial charge is 0.124 e. The minimum absolute atomic E-state index is 0.0120. The molecule has 1 N–H and O–H groups in total. The fourth-order valence-corrected chi connectivity index (χ4v) is 2.89. The lowest BCUT2D eigenvalue weighted by atomic mass is 10.2. The van der Waals surface area contributed by atoms with Gasteiger partial charge in [0.05, 0.1) is 6.61 Å². The van der Waals surface area contributed by atoms with Gasteiger partial charge in [0.2, 0.25) is 0 Å². The fraction of sp³-hybridized carbons (Fsp3) is 0.125. The van der Waals surface area contributed by atoms with Gasteiger partial charge in [0.1, 0.15) is 5.82 Å². The topological polar surface area (TPSA) is 25.2 Å². The Hall–Kier alpha value is -1.65. The van der Waals surface area contributed by atoms with Crippen molar-refractivity contribution < 1.29 is 9.50 Å². The van der Waals surface area contributed by atoms with Gasteiger partial charge in [0, 0.05) is 33.7 Å². The second-order valence-electron chi connectivity index (χ2n) is 4.69. The highest BCUT2D eigenvalue weighted by atomic mass is 79.9. The van der Waals surface area contributed by atoms with Gasteiger partial charge in [-0.15, -0.1) is 0 Å². The van der Waals surface area contributed by atoms with Gasteiger partial charge in [-0.3, -0.25) is 0 Å². The van der Waals surface area contributed by atoms with Crippen molar-refractivity contribution >= 4 is 26.8 Å². The van der Waals surface area contributed by atoms with Gasteiger partial charge in [0.25, 0.3) is 0 Å². The Morgan fingerprint density at radius 1 is 1.10 bits per heavy atom. The van der Waals surface area contributed by atoms with Crippen LogP contribution >= 0.6 is 15.9 Å². The minimum Gasteiger partial charge on any atom is -0.392 e. The number of hydrogen-bond donors (Lipinski definition) is 1. The summed E-state index contributed by atoms with van der Waals surface area (Å²) in [5, 5.41) is 10.5. The van der Waals surface area contributed by atoms with Crippen LogP contribution in [0, 0.1) is 5.82 Å². The third kappa shape index (κ3) is 2.37. The third-order valence-corrected chi connectivity index (χ3v) is 4.14. The van der Waals surface area contributed by atoms with Gasteiger partial charge in [0.15, 0.2) is 0 Å². The molecule has 20 heavy (non-hydrogen) atoms. The Morgan fingerprint density at radius 2 is 1.90 bits per heavy atom. The largest absolute Gasteiger partial charge is 0.392 e. The minimum atomic E-state index is -0.256. The molecule has 0 aliphatic carbocycles. The lowest BCUT2D eigenvalue weighted by molar-refractivity contribution is 0.283. The Labute approximate surface area is 124 Å². The second kappa shape index (κ2) is 5.38. The zero-order chi connectivity index (χ0) is 14.1. The summed E-state index contributed by atoms with van der Waals surface area (Å²) < 4.78 is 15.9. The molecule has 0 aliphatic heterocycles. The number of fused-ring (bicyclic) bond motifs is 1. The summed E-state index contributed by atoms with van der Waals surface area (Å²) in [6.45, 7) is 0.638. The molecule has 0 radical (unpaired) electrons. The summed E-state index contributed by atoms with van der Waals surface area (Å²) in [7, 11) is 0. The first-order valence-electron chi connectivity index (χ1n) is 6.30. The number of aliphatic hydroxyl groups excluding tert-OH is 1. The lowest BCUT2D eigenvalue weighted by Gasteiger charge is -2.08. The quantitative estimate of drug-likeness (QED) is 0.767. The number of para-hydroxylation sites is 1. The molecule has 3 rings (SSSR count). The highest BCUT2D eigenvalue weighted by molar-refractivity contribution is 9.10. The van der Waals surface area contributed by atoms with E-state index in [-0.39, 0.29) is 12.4 Å². The van der Waals surface area contributed by atoms with Gasteiger partial charge >= 0.3 is 0 Å². The van der Waals surface area contributed by atoms with Crippen molar-refractivity contribution in [3.05, 3.63) is 70.1 Å². The molecule has 0 fully saturated rings. The molecule has 0 saturated heterocycles. The summed E-state index contributed by atoms with van der Waals surface area (Å²) in [6.07, 6.45) is 1.94. The van der Waals surface area contributed by atoms with Crippen LogP contribution in [0.15, 0.2) is 53.1 Å². The Kier molecular flexibility index (Phi) is 3.59. The molecular formula is C16H13BrFNO. The van der Waals surface area contributed by atoms with E-state index in [9.17, 15) is 9.50 Å². The van der Waals surface area contributed by atoms with Crippen LogP contribution in [0.25, 0.3) is 10.9 Å². The molecule has 0 unspecified atom stereocenters. The Bertz CT molecular complexity index is 766. The van der Waals surface area contributed by atoms with Crippen LogP contribution in [0.4, 0.5) is 4.39 Å². The van der Waals surface area contributed by atoms with E-state index in [1.54, 1.807) is 6.07 Å². The summed E-state index contributed by atoms with van der Waals surface area (Å²) in [6, 6.07) is 12.6. The Morgan fingerprint density at radius 3 is 2.65 bits per heavy atom. The molecule has 0 atom stereocenters. The zero-order valence-electron chi connectivity index (χ0n) is 10.7. The maximum atomic E-state index is 13.1. The van der Waals surface area contributed by atoms with Crippen molar-refractivity contribution in [1.29, 1.82) is 0 Å². The van der Waals surface area contributed by atoms with E-state index in [2.05, 4.69) is 20.5 Å². The van der Waals surface area contributed by atoms with Gasteiger partial charge in [-0.1, -0.05) is 40.2 Å². The average molecular weight is 334 g/mol. The van der Waals surface area contributed by atoms with Crippen LogP contribution in [0.1, 0.15) is 11.1 Å². The molecular weight excluding hydrogens is 321 g/mol. The van der Waals surface area contributed by atoms with Crippen LogP contribution < -0.4 is 0 Å². The first-order valence-corrected chi connectivity index (χ1v) is 7.10. The average Bonchev–Trinajstić information content (AvgIpc) is 2.80. The number of aromatic nitrogens is 1. The summed E-state index contributed by atoms with van der Waals surface area (Å²) >= 11 is 3.39. The number of aliphatic hydroxyl groups is 1. The zero-order valence-corrected chi connectivity index (χ0v) is 12.3. The van der Waals surface area contributed by atoms with Crippen molar-refractivity contribution in [3.63, 3.8) is 0 Å². The van der Waals surface area contributed by atoms with Gasteiger partial charge in [-0.2, -0.15) is 0 Å². The molecule has 0 bridgehead atoms. The SMILES string of the molecule is OCc1cn(Cc2ccc(F)cc2Br)c2ccccc12. The summed E-state index contributed by atoms with van der Waals surface area (Å²) in [4.78, 5) is 0. The van der Waals surface area contributed by atoms with Crippen LogP contribution in [-0.4, -0.2) is 9.67 Å². The van der Waals surface area contributed by atoms with E-state index in [0.717, 1.165) is 26.5 Å². The molecule has 2 nitrogen and oxygen atoms in total. The number of nitrogens with zero attached hydrogens (tertiary/aromatic N) is 1. The standard InChI is InChI=1S/C16H13BrFNO/c17-15-7-13(18)6-5-11(15)8-19-9-12(10-20)14-3-1-2-4-16(14)19/h1-7,9,20H,8,10H2. The van der Waals surface area contributed by atoms with Crippen molar-refractivity contribution in [2.45, 2.75) is 13.2 Å². The van der Waals surface area contributed by atoms with E-state index >= 15 is 0 Å². The molecule has 2 aromatic carbocycles.